The number of H-pyrrole nitrogens is 1. The molecule has 4 rings (SSSR count). The Bertz CT molecular complexity index is 1470. The fourth-order valence-corrected chi connectivity index (χ4v) is 4.34. The number of aromatic amines is 1. The SMILES string of the molecule is C#CCN(C)CC=Cc1[nH]c(=O)c2c(ccc3nc(Nc4c(Cl)cccc4Cl)n(C)c32)c1C. The molecule has 0 spiro atoms. The van der Waals surface area contributed by atoms with Gasteiger partial charge in [-0.25, -0.2) is 4.98 Å². The Kier molecular flexibility index (Phi) is 6.48. The number of halogens is 2. The lowest BCUT2D eigenvalue weighted by Gasteiger charge is -2.11. The van der Waals surface area contributed by atoms with Crippen molar-refractivity contribution in [2.75, 3.05) is 25.5 Å². The first kappa shape index (κ1) is 22.9. The van der Waals surface area contributed by atoms with Crippen molar-refractivity contribution in [2.45, 2.75) is 6.92 Å². The Labute approximate surface area is 201 Å². The summed E-state index contributed by atoms with van der Waals surface area (Å²) in [4.78, 5) is 22.8. The van der Waals surface area contributed by atoms with Crippen LogP contribution in [-0.4, -0.2) is 39.6 Å². The zero-order valence-electron chi connectivity index (χ0n) is 18.5. The first-order valence-corrected chi connectivity index (χ1v) is 11.1. The highest BCUT2D eigenvalue weighted by molar-refractivity contribution is 6.39. The molecule has 0 aliphatic carbocycles. The van der Waals surface area contributed by atoms with E-state index < -0.39 is 0 Å². The average molecular weight is 480 g/mol. The van der Waals surface area contributed by atoms with Crippen molar-refractivity contribution in [1.29, 1.82) is 0 Å². The number of aromatic nitrogens is 3. The Morgan fingerprint density at radius 1 is 1.27 bits per heavy atom. The van der Waals surface area contributed by atoms with Gasteiger partial charge in [0.15, 0.2) is 0 Å². The van der Waals surface area contributed by atoms with Crippen molar-refractivity contribution < 1.29 is 0 Å². The van der Waals surface area contributed by atoms with Crippen molar-refractivity contribution in [1.82, 2.24) is 19.4 Å². The van der Waals surface area contributed by atoms with Crippen LogP contribution in [0.15, 0.2) is 41.2 Å². The van der Waals surface area contributed by atoms with Crippen LogP contribution in [0, 0.1) is 19.3 Å². The van der Waals surface area contributed by atoms with Crippen LogP contribution in [0.3, 0.4) is 0 Å². The van der Waals surface area contributed by atoms with E-state index in [1.165, 1.54) is 0 Å². The third-order valence-corrected chi connectivity index (χ3v) is 6.21. The van der Waals surface area contributed by atoms with Crippen molar-refractivity contribution in [3.05, 3.63) is 68.1 Å². The van der Waals surface area contributed by atoms with Crippen LogP contribution in [0.25, 0.3) is 27.9 Å². The molecular formula is C25H23Cl2N5O. The monoisotopic (exact) mass is 479 g/mol. The number of aryl methyl sites for hydroxylation is 2. The van der Waals surface area contributed by atoms with Crippen LogP contribution in [0.1, 0.15) is 11.3 Å². The molecule has 0 aliphatic heterocycles. The number of likely N-dealkylation sites (N-methyl/N-ethyl adjacent to an activating group) is 1. The Balaban J connectivity index is 1.80. The number of nitrogens with one attached hydrogen (secondary N) is 2. The first-order chi connectivity index (χ1) is 15.8. The minimum atomic E-state index is -0.178. The van der Waals surface area contributed by atoms with Crippen molar-refractivity contribution in [3.63, 3.8) is 0 Å². The van der Waals surface area contributed by atoms with E-state index in [-0.39, 0.29) is 5.56 Å². The number of hydrogen-bond acceptors (Lipinski definition) is 4. The summed E-state index contributed by atoms with van der Waals surface area (Å²) in [7, 11) is 3.80. The minimum Gasteiger partial charge on any atom is -0.323 e. The van der Waals surface area contributed by atoms with Crippen LogP contribution in [0.2, 0.25) is 10.0 Å². The number of benzene rings is 2. The van der Waals surface area contributed by atoms with Gasteiger partial charge in [0.25, 0.3) is 5.56 Å². The maximum absolute atomic E-state index is 13.2. The summed E-state index contributed by atoms with van der Waals surface area (Å²) in [6, 6.07) is 9.13. The van der Waals surface area contributed by atoms with Gasteiger partial charge in [0.05, 0.1) is 38.7 Å². The standard InChI is InChI=1S/C25H23Cl2N5O/c1-5-13-31(3)14-7-10-19-15(2)16-11-12-20-23(21(16)24(33)28-19)32(4)25(29-20)30-22-17(26)8-6-9-18(22)27/h1,6-12H,13-14H2,2-4H3,(H,28,33)(H,29,30). The number of anilines is 2. The van der Waals surface area contributed by atoms with Crippen molar-refractivity contribution in [3.8, 4) is 12.3 Å². The Hall–Kier alpha value is -3.24. The normalized spacial score (nSPS) is 11.7. The molecule has 2 aromatic carbocycles. The number of rotatable bonds is 6. The third kappa shape index (κ3) is 4.36. The highest BCUT2D eigenvalue weighted by Gasteiger charge is 2.17. The van der Waals surface area contributed by atoms with Gasteiger partial charge in [-0.3, -0.25) is 9.69 Å². The lowest BCUT2D eigenvalue weighted by atomic mass is 10.0. The van der Waals surface area contributed by atoms with Crippen LogP contribution in [-0.2, 0) is 7.05 Å². The van der Waals surface area contributed by atoms with Gasteiger partial charge < -0.3 is 14.9 Å². The van der Waals surface area contributed by atoms with E-state index in [0.717, 1.165) is 22.2 Å². The Morgan fingerprint density at radius 3 is 2.70 bits per heavy atom. The Morgan fingerprint density at radius 2 is 2.00 bits per heavy atom. The predicted molar refractivity (Wildman–Crippen MR) is 139 cm³/mol. The van der Waals surface area contributed by atoms with Crippen molar-refractivity contribution >= 4 is 62.7 Å². The smallest absolute Gasteiger partial charge is 0.258 e. The molecule has 4 aromatic rings. The van der Waals surface area contributed by atoms with Gasteiger partial charge >= 0.3 is 0 Å². The van der Waals surface area contributed by atoms with Crippen LogP contribution >= 0.6 is 23.2 Å². The molecule has 0 atom stereocenters. The summed E-state index contributed by atoms with van der Waals surface area (Å²) in [6.45, 7) is 3.24. The van der Waals surface area contributed by atoms with E-state index in [0.29, 0.717) is 45.7 Å². The highest BCUT2D eigenvalue weighted by Crippen LogP contribution is 2.34. The van der Waals surface area contributed by atoms with Crippen LogP contribution in [0.4, 0.5) is 11.6 Å². The molecule has 6 nitrogen and oxygen atoms in total. The molecule has 33 heavy (non-hydrogen) atoms. The summed E-state index contributed by atoms with van der Waals surface area (Å²) in [6.07, 6.45) is 9.25. The topological polar surface area (TPSA) is 66.0 Å². The van der Waals surface area contributed by atoms with E-state index >= 15 is 0 Å². The summed E-state index contributed by atoms with van der Waals surface area (Å²) >= 11 is 12.6. The van der Waals surface area contributed by atoms with Gasteiger partial charge in [-0.15, -0.1) is 6.42 Å². The number of imidazole rings is 1. The summed E-state index contributed by atoms with van der Waals surface area (Å²) in [5, 5.41) is 5.62. The summed E-state index contributed by atoms with van der Waals surface area (Å²) in [5.74, 6) is 3.15. The second kappa shape index (κ2) is 9.32. The molecule has 0 unspecified atom stereocenters. The van der Waals surface area contributed by atoms with E-state index in [1.807, 2.05) is 54.8 Å². The van der Waals surface area contributed by atoms with E-state index in [1.54, 1.807) is 18.2 Å². The number of nitrogens with zero attached hydrogens (tertiary/aromatic N) is 3. The fraction of sp³-hybridized carbons (Fsp3) is 0.200. The van der Waals surface area contributed by atoms with Crippen LogP contribution < -0.4 is 10.9 Å². The quantitative estimate of drug-likeness (QED) is 0.365. The average Bonchev–Trinajstić information content (AvgIpc) is 3.09. The van der Waals surface area contributed by atoms with Gasteiger partial charge in [0.2, 0.25) is 5.95 Å². The number of pyridine rings is 1. The summed E-state index contributed by atoms with van der Waals surface area (Å²) < 4.78 is 1.84. The molecule has 2 aromatic heterocycles. The lowest BCUT2D eigenvalue weighted by Crippen LogP contribution is -2.18. The molecule has 0 saturated carbocycles. The highest BCUT2D eigenvalue weighted by atomic mass is 35.5. The van der Waals surface area contributed by atoms with Gasteiger partial charge in [-0.05, 0) is 49.2 Å². The summed E-state index contributed by atoms with van der Waals surface area (Å²) in [5.41, 5.74) is 3.56. The largest absolute Gasteiger partial charge is 0.323 e. The maximum atomic E-state index is 13.2. The number of hydrogen-bond donors (Lipinski definition) is 2. The van der Waals surface area contributed by atoms with Gasteiger partial charge in [0, 0.05) is 19.3 Å². The predicted octanol–water partition coefficient (Wildman–Crippen LogP) is 5.35. The number of para-hydroxylation sites is 1. The van der Waals surface area contributed by atoms with Gasteiger partial charge in [-0.1, -0.05) is 47.3 Å². The molecule has 0 radical (unpaired) electrons. The first-order valence-electron chi connectivity index (χ1n) is 10.3. The zero-order chi connectivity index (χ0) is 23.7. The maximum Gasteiger partial charge on any atom is 0.258 e. The molecule has 168 valence electrons. The second-order valence-corrected chi connectivity index (χ2v) is 8.68. The molecule has 0 fully saturated rings. The second-order valence-electron chi connectivity index (χ2n) is 7.87. The molecule has 0 aliphatic rings. The zero-order valence-corrected chi connectivity index (χ0v) is 20.1. The molecule has 0 amide bonds. The van der Waals surface area contributed by atoms with Crippen molar-refractivity contribution in [2.24, 2.45) is 7.05 Å². The third-order valence-electron chi connectivity index (χ3n) is 5.58. The molecule has 0 saturated heterocycles. The molecule has 8 heteroatoms. The molecule has 2 N–H and O–H groups in total. The van der Waals surface area contributed by atoms with E-state index in [9.17, 15) is 4.79 Å². The lowest BCUT2D eigenvalue weighted by molar-refractivity contribution is 0.420. The molecule has 0 bridgehead atoms. The number of fused-ring (bicyclic) bond motifs is 3. The molecule has 2 heterocycles. The fourth-order valence-electron chi connectivity index (χ4n) is 3.85. The number of terminal acetylenes is 1. The van der Waals surface area contributed by atoms with E-state index in [2.05, 4.69) is 21.2 Å². The minimum absolute atomic E-state index is 0.178. The van der Waals surface area contributed by atoms with Gasteiger partial charge in [-0.2, -0.15) is 0 Å². The molecular weight excluding hydrogens is 457 g/mol. The van der Waals surface area contributed by atoms with Gasteiger partial charge in [0.1, 0.15) is 0 Å². The van der Waals surface area contributed by atoms with Crippen LogP contribution in [0.5, 0.6) is 0 Å². The van der Waals surface area contributed by atoms with E-state index in [4.69, 9.17) is 29.6 Å².